The van der Waals surface area contributed by atoms with Gasteiger partial charge in [0.1, 0.15) is 11.4 Å². The molecule has 0 aromatic heterocycles. The lowest BCUT2D eigenvalue weighted by Gasteiger charge is -2.46. The molecule has 172 valence electrons. The SMILES string of the molecule is CCc1ccc(CN2C(=O)CN(S(C)(=O)=O)C[C@@]2(C)C(=O)NCc2ccc(F)cc2)cc1. The summed E-state index contributed by atoms with van der Waals surface area (Å²) in [6, 6.07) is 13.5. The second kappa shape index (κ2) is 9.38. The van der Waals surface area contributed by atoms with Gasteiger partial charge in [-0.25, -0.2) is 12.8 Å². The maximum atomic E-state index is 13.3. The Kier molecular flexibility index (Phi) is 7.00. The highest BCUT2D eigenvalue weighted by atomic mass is 32.2. The number of hydrogen-bond donors (Lipinski definition) is 1. The van der Waals surface area contributed by atoms with Gasteiger partial charge in [0.05, 0.1) is 12.8 Å². The van der Waals surface area contributed by atoms with Crippen LogP contribution in [0.5, 0.6) is 0 Å². The van der Waals surface area contributed by atoms with Crippen molar-refractivity contribution in [2.24, 2.45) is 0 Å². The third kappa shape index (κ3) is 5.34. The van der Waals surface area contributed by atoms with Crippen molar-refractivity contribution in [2.45, 2.75) is 38.9 Å². The van der Waals surface area contributed by atoms with Crippen molar-refractivity contribution in [2.75, 3.05) is 19.3 Å². The van der Waals surface area contributed by atoms with Crippen molar-refractivity contribution in [3.8, 4) is 0 Å². The molecule has 0 aliphatic carbocycles. The molecule has 0 spiro atoms. The number of hydrogen-bond acceptors (Lipinski definition) is 4. The van der Waals surface area contributed by atoms with E-state index in [2.05, 4.69) is 5.32 Å². The molecule has 0 radical (unpaired) electrons. The molecule has 2 aromatic rings. The molecular weight excluding hydrogens is 433 g/mol. The Morgan fingerprint density at radius 1 is 1.06 bits per heavy atom. The Balaban J connectivity index is 1.86. The third-order valence-electron chi connectivity index (χ3n) is 5.79. The van der Waals surface area contributed by atoms with Gasteiger partial charge in [-0.1, -0.05) is 43.3 Å². The summed E-state index contributed by atoms with van der Waals surface area (Å²) in [5.74, 6) is -1.30. The van der Waals surface area contributed by atoms with Gasteiger partial charge in [-0.05, 0) is 42.2 Å². The number of piperazine rings is 1. The summed E-state index contributed by atoms with van der Waals surface area (Å²) in [6.45, 7) is 3.46. The normalized spacial score (nSPS) is 19.8. The number of nitrogens with one attached hydrogen (secondary N) is 1. The molecule has 3 rings (SSSR count). The van der Waals surface area contributed by atoms with Crippen molar-refractivity contribution in [1.82, 2.24) is 14.5 Å². The average molecular weight is 462 g/mol. The fraction of sp³-hybridized carbons (Fsp3) is 0.391. The maximum Gasteiger partial charge on any atom is 0.247 e. The third-order valence-corrected chi connectivity index (χ3v) is 6.99. The molecule has 1 atom stereocenters. The van der Waals surface area contributed by atoms with Crippen LogP contribution in [0.25, 0.3) is 0 Å². The zero-order valence-electron chi connectivity index (χ0n) is 18.5. The van der Waals surface area contributed by atoms with Crippen LogP contribution in [-0.2, 0) is 39.1 Å². The highest BCUT2D eigenvalue weighted by Crippen LogP contribution is 2.27. The van der Waals surface area contributed by atoms with Gasteiger partial charge in [-0.2, -0.15) is 4.31 Å². The van der Waals surface area contributed by atoms with E-state index in [0.717, 1.165) is 28.1 Å². The molecule has 1 aliphatic rings. The van der Waals surface area contributed by atoms with Crippen molar-refractivity contribution in [3.05, 3.63) is 71.0 Å². The van der Waals surface area contributed by atoms with Gasteiger partial charge < -0.3 is 10.2 Å². The maximum absolute atomic E-state index is 13.3. The van der Waals surface area contributed by atoms with Gasteiger partial charge >= 0.3 is 0 Å². The quantitative estimate of drug-likeness (QED) is 0.684. The van der Waals surface area contributed by atoms with E-state index in [1.807, 2.05) is 31.2 Å². The van der Waals surface area contributed by atoms with Crippen molar-refractivity contribution < 1.29 is 22.4 Å². The lowest BCUT2D eigenvalue weighted by atomic mass is 9.94. The number of amides is 2. The number of rotatable bonds is 7. The van der Waals surface area contributed by atoms with E-state index in [0.29, 0.717) is 5.56 Å². The van der Waals surface area contributed by atoms with E-state index in [4.69, 9.17) is 0 Å². The number of aryl methyl sites for hydroxylation is 1. The Bertz CT molecular complexity index is 1090. The van der Waals surface area contributed by atoms with Crippen LogP contribution in [0.3, 0.4) is 0 Å². The first-order chi connectivity index (χ1) is 15.0. The number of halogens is 1. The minimum Gasteiger partial charge on any atom is -0.350 e. The number of nitrogens with zero attached hydrogens (tertiary/aromatic N) is 2. The number of benzene rings is 2. The minimum absolute atomic E-state index is 0.126. The van der Waals surface area contributed by atoms with Gasteiger partial charge in [0.2, 0.25) is 21.8 Å². The zero-order chi connectivity index (χ0) is 23.5. The smallest absolute Gasteiger partial charge is 0.247 e. The number of carbonyl (C=O) groups is 2. The Morgan fingerprint density at radius 2 is 1.62 bits per heavy atom. The first-order valence-electron chi connectivity index (χ1n) is 10.4. The molecule has 2 amide bonds. The molecule has 1 heterocycles. The lowest BCUT2D eigenvalue weighted by Crippen LogP contribution is -2.69. The topological polar surface area (TPSA) is 86.8 Å². The summed E-state index contributed by atoms with van der Waals surface area (Å²) in [4.78, 5) is 27.7. The van der Waals surface area contributed by atoms with Gasteiger partial charge in [-0.3, -0.25) is 9.59 Å². The van der Waals surface area contributed by atoms with Crippen molar-refractivity contribution >= 4 is 21.8 Å². The van der Waals surface area contributed by atoms with E-state index in [1.54, 1.807) is 19.1 Å². The molecule has 2 aromatic carbocycles. The monoisotopic (exact) mass is 461 g/mol. The standard InChI is InChI=1S/C23H28FN3O4S/c1-4-17-5-7-19(8-6-17)14-27-21(28)15-26(32(3,30)31)16-23(27,2)22(29)25-13-18-9-11-20(24)12-10-18/h5-12H,4,13-16H2,1-3H3,(H,25,29)/t23-/m0/s1. The summed E-state index contributed by atoms with van der Waals surface area (Å²) in [5, 5.41) is 2.78. The molecule has 9 heteroatoms. The Hall–Kier alpha value is -2.78. The minimum atomic E-state index is -3.68. The van der Waals surface area contributed by atoms with Crippen LogP contribution in [0.1, 0.15) is 30.5 Å². The molecule has 0 unspecified atom stereocenters. The number of carbonyl (C=O) groups excluding carboxylic acids is 2. The molecule has 1 saturated heterocycles. The largest absolute Gasteiger partial charge is 0.350 e. The van der Waals surface area contributed by atoms with Gasteiger partial charge in [0.15, 0.2) is 0 Å². The molecule has 1 fully saturated rings. The van der Waals surface area contributed by atoms with E-state index < -0.39 is 27.4 Å². The summed E-state index contributed by atoms with van der Waals surface area (Å²) in [5.41, 5.74) is 1.27. The highest BCUT2D eigenvalue weighted by Gasteiger charge is 2.49. The van der Waals surface area contributed by atoms with Crippen LogP contribution in [0.15, 0.2) is 48.5 Å². The molecule has 1 N–H and O–H groups in total. The van der Waals surface area contributed by atoms with Crippen LogP contribution >= 0.6 is 0 Å². The van der Waals surface area contributed by atoms with Gasteiger partial charge in [0, 0.05) is 19.6 Å². The fourth-order valence-corrected chi connectivity index (χ4v) is 4.56. The van der Waals surface area contributed by atoms with E-state index in [-0.39, 0.29) is 32.0 Å². The van der Waals surface area contributed by atoms with E-state index >= 15 is 0 Å². The lowest BCUT2D eigenvalue weighted by molar-refractivity contribution is -0.153. The summed E-state index contributed by atoms with van der Waals surface area (Å²) >= 11 is 0. The van der Waals surface area contributed by atoms with Crippen LogP contribution < -0.4 is 5.32 Å². The van der Waals surface area contributed by atoms with Crippen molar-refractivity contribution in [1.29, 1.82) is 0 Å². The summed E-state index contributed by atoms with van der Waals surface area (Å²) in [7, 11) is -3.68. The summed E-state index contributed by atoms with van der Waals surface area (Å²) in [6.07, 6.45) is 1.91. The predicted molar refractivity (Wildman–Crippen MR) is 119 cm³/mol. The second-order valence-electron chi connectivity index (χ2n) is 8.26. The second-order valence-corrected chi connectivity index (χ2v) is 10.2. The molecular formula is C23H28FN3O4S. The Morgan fingerprint density at radius 3 is 2.19 bits per heavy atom. The first kappa shape index (κ1) is 23.9. The average Bonchev–Trinajstić information content (AvgIpc) is 2.75. The predicted octanol–water partition coefficient (Wildman–Crippen LogP) is 2.07. The van der Waals surface area contributed by atoms with Crippen LogP contribution in [-0.4, -0.2) is 54.3 Å². The molecule has 0 saturated carbocycles. The zero-order valence-corrected chi connectivity index (χ0v) is 19.3. The Labute approximate surface area is 188 Å². The summed E-state index contributed by atoms with van der Waals surface area (Å²) < 4.78 is 38.5. The van der Waals surface area contributed by atoms with E-state index in [9.17, 15) is 22.4 Å². The first-order valence-corrected chi connectivity index (χ1v) is 12.2. The molecule has 0 bridgehead atoms. The molecule has 32 heavy (non-hydrogen) atoms. The van der Waals surface area contributed by atoms with Crippen molar-refractivity contribution in [3.63, 3.8) is 0 Å². The number of sulfonamides is 1. The van der Waals surface area contributed by atoms with Gasteiger partial charge in [0.25, 0.3) is 0 Å². The van der Waals surface area contributed by atoms with Gasteiger partial charge in [-0.15, -0.1) is 0 Å². The highest BCUT2D eigenvalue weighted by molar-refractivity contribution is 7.88. The molecule has 1 aliphatic heterocycles. The van der Waals surface area contributed by atoms with E-state index in [1.165, 1.54) is 17.0 Å². The van der Waals surface area contributed by atoms with Crippen LogP contribution in [0.2, 0.25) is 0 Å². The fourth-order valence-electron chi connectivity index (χ4n) is 3.73. The van der Waals surface area contributed by atoms with Crippen LogP contribution in [0.4, 0.5) is 4.39 Å². The van der Waals surface area contributed by atoms with Crippen LogP contribution in [0, 0.1) is 5.82 Å². The molecule has 7 nitrogen and oxygen atoms in total.